The molecule has 1 N–H and O–H groups in total. The fourth-order valence-electron chi connectivity index (χ4n) is 4.29. The summed E-state index contributed by atoms with van der Waals surface area (Å²) in [7, 11) is 2.03. The Morgan fingerprint density at radius 1 is 1.29 bits per heavy atom. The average molecular weight is 386 g/mol. The molecule has 1 aromatic heterocycles. The Bertz CT molecular complexity index is 828. The van der Waals surface area contributed by atoms with E-state index in [4.69, 9.17) is 9.72 Å². The number of likely N-dealkylation sites (tertiary alicyclic amines) is 1. The second-order valence-electron chi connectivity index (χ2n) is 8.08. The zero-order valence-corrected chi connectivity index (χ0v) is 17.0. The van der Waals surface area contributed by atoms with Gasteiger partial charge in [-0.05, 0) is 43.5 Å². The molecule has 0 saturated carbocycles. The van der Waals surface area contributed by atoms with E-state index in [-0.39, 0.29) is 5.91 Å². The minimum Gasteiger partial charge on any atom is -0.378 e. The van der Waals surface area contributed by atoms with Gasteiger partial charge in [0.15, 0.2) is 0 Å². The number of nitrogens with zero attached hydrogens (tertiary/aromatic N) is 4. The van der Waals surface area contributed by atoms with Crippen LogP contribution in [-0.4, -0.2) is 72.8 Å². The van der Waals surface area contributed by atoms with E-state index in [1.54, 1.807) is 0 Å². The number of piperidine rings is 1. The van der Waals surface area contributed by atoms with Crippen molar-refractivity contribution in [3.8, 4) is 0 Å². The van der Waals surface area contributed by atoms with Crippen LogP contribution in [0.5, 0.6) is 0 Å². The number of benzene rings is 1. The monoisotopic (exact) mass is 385 g/mol. The van der Waals surface area contributed by atoms with Gasteiger partial charge in [-0.3, -0.25) is 4.79 Å². The second-order valence-corrected chi connectivity index (χ2v) is 8.08. The predicted molar refractivity (Wildman–Crippen MR) is 111 cm³/mol. The quantitative estimate of drug-likeness (QED) is 0.851. The Labute approximate surface area is 166 Å². The van der Waals surface area contributed by atoms with Gasteiger partial charge >= 0.3 is 0 Å². The van der Waals surface area contributed by atoms with Crippen molar-refractivity contribution in [3.05, 3.63) is 23.8 Å². The van der Waals surface area contributed by atoms with Crippen LogP contribution in [0.15, 0.2) is 18.2 Å². The maximum absolute atomic E-state index is 12.6. The normalized spacial score (nSPS) is 21.2. The third-order valence-corrected chi connectivity index (χ3v) is 5.87. The minimum atomic E-state index is -0.0227. The molecule has 28 heavy (non-hydrogen) atoms. The molecule has 7 nitrogen and oxygen atoms in total. The lowest BCUT2D eigenvalue weighted by Crippen LogP contribution is -2.40. The number of morpholine rings is 1. The van der Waals surface area contributed by atoms with Gasteiger partial charge in [0.25, 0.3) is 5.91 Å². The van der Waals surface area contributed by atoms with Crippen molar-refractivity contribution in [2.24, 2.45) is 13.0 Å². The van der Waals surface area contributed by atoms with Crippen LogP contribution < -0.4 is 10.2 Å². The maximum Gasteiger partial charge on any atom is 0.251 e. The number of ether oxygens (including phenoxy) is 1. The van der Waals surface area contributed by atoms with E-state index < -0.39 is 0 Å². The van der Waals surface area contributed by atoms with Gasteiger partial charge in [0, 0.05) is 45.3 Å². The van der Waals surface area contributed by atoms with Crippen molar-refractivity contribution in [1.29, 1.82) is 0 Å². The summed E-state index contributed by atoms with van der Waals surface area (Å²) in [4.78, 5) is 22.1. The van der Waals surface area contributed by atoms with E-state index in [9.17, 15) is 4.79 Å². The number of fused-ring (bicyclic) bond motifs is 1. The van der Waals surface area contributed by atoms with Crippen LogP contribution in [-0.2, 0) is 11.8 Å². The zero-order chi connectivity index (χ0) is 19.5. The number of aryl methyl sites for hydroxylation is 1. The fraction of sp³-hybridized carbons (Fsp3) is 0.619. The van der Waals surface area contributed by atoms with Gasteiger partial charge in [-0.15, -0.1) is 0 Å². The second kappa shape index (κ2) is 8.49. The van der Waals surface area contributed by atoms with Gasteiger partial charge in [-0.1, -0.05) is 6.92 Å². The average Bonchev–Trinajstić information content (AvgIpc) is 3.05. The van der Waals surface area contributed by atoms with Crippen LogP contribution in [0.2, 0.25) is 0 Å². The number of aromatic nitrogens is 2. The number of nitrogens with one attached hydrogen (secondary N) is 1. The van der Waals surface area contributed by atoms with Crippen LogP contribution in [0.25, 0.3) is 11.0 Å². The molecular formula is C21H31N5O2. The van der Waals surface area contributed by atoms with Gasteiger partial charge in [0.05, 0.1) is 24.2 Å². The SMILES string of the molecule is C[C@H]1CCCN(CCNC(=O)c2ccc3c(c2)nc(N2CCOCC2)n3C)C1. The van der Waals surface area contributed by atoms with Crippen LogP contribution in [0.3, 0.4) is 0 Å². The lowest BCUT2D eigenvalue weighted by Gasteiger charge is -2.30. The topological polar surface area (TPSA) is 62.6 Å². The molecule has 0 bridgehead atoms. The van der Waals surface area contributed by atoms with Crippen molar-refractivity contribution >= 4 is 22.9 Å². The number of anilines is 1. The molecule has 2 aliphatic rings. The molecule has 1 amide bonds. The van der Waals surface area contributed by atoms with Crippen LogP contribution in [0, 0.1) is 5.92 Å². The molecule has 4 rings (SSSR count). The van der Waals surface area contributed by atoms with Gasteiger partial charge in [-0.25, -0.2) is 4.98 Å². The Hall–Kier alpha value is -2.12. The highest BCUT2D eigenvalue weighted by molar-refractivity contribution is 5.97. The van der Waals surface area contributed by atoms with E-state index in [1.807, 2.05) is 25.2 Å². The molecule has 0 radical (unpaired) electrons. The summed E-state index contributed by atoms with van der Waals surface area (Å²) in [6.45, 7) is 9.34. The molecule has 152 valence electrons. The van der Waals surface area contributed by atoms with Crippen molar-refractivity contribution in [3.63, 3.8) is 0 Å². The summed E-state index contributed by atoms with van der Waals surface area (Å²) < 4.78 is 7.53. The van der Waals surface area contributed by atoms with Gasteiger partial charge < -0.3 is 24.4 Å². The van der Waals surface area contributed by atoms with E-state index in [1.165, 1.54) is 12.8 Å². The van der Waals surface area contributed by atoms with Crippen LogP contribution in [0.1, 0.15) is 30.1 Å². The Kier molecular flexibility index (Phi) is 5.82. The standard InChI is InChI=1S/C21H31N5O2/c1-16-4-3-8-25(15-16)9-7-22-20(27)17-5-6-19-18(14-17)23-21(24(19)2)26-10-12-28-13-11-26/h5-6,14,16H,3-4,7-13,15H2,1-2H3,(H,22,27)/t16-/m0/s1. The Morgan fingerprint density at radius 3 is 2.89 bits per heavy atom. The number of hydrogen-bond donors (Lipinski definition) is 1. The van der Waals surface area contributed by atoms with Crippen molar-refractivity contribution < 1.29 is 9.53 Å². The van der Waals surface area contributed by atoms with Gasteiger partial charge in [0.2, 0.25) is 5.95 Å². The summed E-state index contributed by atoms with van der Waals surface area (Å²) in [6, 6.07) is 5.79. The summed E-state index contributed by atoms with van der Waals surface area (Å²) >= 11 is 0. The predicted octanol–water partition coefficient (Wildman–Crippen LogP) is 1.87. The minimum absolute atomic E-state index is 0.0227. The van der Waals surface area contributed by atoms with E-state index in [2.05, 4.69) is 26.6 Å². The summed E-state index contributed by atoms with van der Waals surface area (Å²) in [5, 5.41) is 3.07. The summed E-state index contributed by atoms with van der Waals surface area (Å²) in [5.74, 6) is 1.68. The smallest absolute Gasteiger partial charge is 0.251 e. The Morgan fingerprint density at radius 2 is 2.11 bits per heavy atom. The first-order valence-corrected chi connectivity index (χ1v) is 10.4. The number of hydrogen-bond acceptors (Lipinski definition) is 5. The summed E-state index contributed by atoms with van der Waals surface area (Å²) in [6.07, 6.45) is 2.58. The molecule has 0 spiro atoms. The molecular weight excluding hydrogens is 354 g/mol. The highest BCUT2D eigenvalue weighted by atomic mass is 16.5. The molecule has 0 unspecified atom stereocenters. The van der Waals surface area contributed by atoms with Crippen molar-refractivity contribution in [2.45, 2.75) is 19.8 Å². The molecule has 3 heterocycles. The number of carbonyl (C=O) groups is 1. The maximum atomic E-state index is 12.6. The molecule has 0 aliphatic carbocycles. The lowest BCUT2D eigenvalue weighted by atomic mass is 10.0. The van der Waals surface area contributed by atoms with E-state index in [0.717, 1.165) is 68.8 Å². The fourth-order valence-corrected chi connectivity index (χ4v) is 4.29. The van der Waals surface area contributed by atoms with Crippen molar-refractivity contribution in [2.75, 3.05) is 57.4 Å². The first-order chi connectivity index (χ1) is 13.6. The highest BCUT2D eigenvalue weighted by Crippen LogP contribution is 2.23. The third-order valence-electron chi connectivity index (χ3n) is 5.87. The first-order valence-electron chi connectivity index (χ1n) is 10.4. The third kappa shape index (κ3) is 4.15. The van der Waals surface area contributed by atoms with E-state index >= 15 is 0 Å². The van der Waals surface area contributed by atoms with Crippen LogP contribution >= 0.6 is 0 Å². The molecule has 2 saturated heterocycles. The molecule has 2 aromatic rings. The summed E-state index contributed by atoms with van der Waals surface area (Å²) in [5.41, 5.74) is 2.58. The first kappa shape index (κ1) is 19.2. The molecule has 7 heteroatoms. The number of carbonyl (C=O) groups excluding carboxylic acids is 1. The Balaban J connectivity index is 1.40. The lowest BCUT2D eigenvalue weighted by molar-refractivity contribution is 0.0944. The van der Waals surface area contributed by atoms with E-state index in [0.29, 0.717) is 12.1 Å². The molecule has 1 aromatic carbocycles. The zero-order valence-electron chi connectivity index (χ0n) is 17.0. The van der Waals surface area contributed by atoms with Crippen LogP contribution in [0.4, 0.5) is 5.95 Å². The van der Waals surface area contributed by atoms with Crippen molar-refractivity contribution in [1.82, 2.24) is 19.8 Å². The molecule has 1 atom stereocenters. The number of rotatable bonds is 5. The highest BCUT2D eigenvalue weighted by Gasteiger charge is 2.19. The van der Waals surface area contributed by atoms with Gasteiger partial charge in [-0.2, -0.15) is 0 Å². The molecule has 2 fully saturated rings. The number of imidazole rings is 1. The van der Waals surface area contributed by atoms with Gasteiger partial charge in [0.1, 0.15) is 0 Å². The number of amides is 1. The largest absolute Gasteiger partial charge is 0.378 e. The molecule has 2 aliphatic heterocycles.